The van der Waals surface area contributed by atoms with E-state index in [2.05, 4.69) is 41.1 Å². The van der Waals surface area contributed by atoms with Gasteiger partial charge in [-0.2, -0.15) is 5.10 Å². The van der Waals surface area contributed by atoms with Crippen molar-refractivity contribution in [3.05, 3.63) is 23.5 Å². The highest BCUT2D eigenvalue weighted by molar-refractivity contribution is 6.05. The van der Waals surface area contributed by atoms with Gasteiger partial charge in [-0.05, 0) is 59.2 Å². The summed E-state index contributed by atoms with van der Waals surface area (Å²) in [5.41, 5.74) is 2.40. The minimum Gasteiger partial charge on any atom is -0.336 e. The summed E-state index contributed by atoms with van der Waals surface area (Å²) in [6.07, 6.45) is 4.80. The van der Waals surface area contributed by atoms with Crippen molar-refractivity contribution in [1.82, 2.24) is 25.0 Å². The first-order chi connectivity index (χ1) is 12.0. The molecule has 1 aliphatic heterocycles. The Hall–Kier alpha value is -1.37. The third kappa shape index (κ3) is 4.92. The second-order valence-corrected chi connectivity index (χ2v) is 7.21. The Morgan fingerprint density at radius 3 is 2.59 bits per heavy atom. The molecule has 2 aromatic heterocycles. The molecule has 2 aromatic rings. The number of aromatic nitrogens is 3. The van der Waals surface area contributed by atoms with Gasteiger partial charge in [0.2, 0.25) is 0 Å². The third-order valence-corrected chi connectivity index (χ3v) is 4.89. The Balaban J connectivity index is 0.00000182. The van der Waals surface area contributed by atoms with Gasteiger partial charge >= 0.3 is 0 Å². The van der Waals surface area contributed by atoms with Gasteiger partial charge in [-0.15, -0.1) is 24.8 Å². The van der Waals surface area contributed by atoms with E-state index in [1.165, 1.54) is 0 Å². The maximum atomic E-state index is 13.4. The van der Waals surface area contributed by atoms with Crippen LogP contribution in [0.15, 0.2) is 12.3 Å². The van der Waals surface area contributed by atoms with E-state index in [0.29, 0.717) is 6.04 Å². The molecule has 0 aromatic carbocycles. The zero-order valence-electron chi connectivity index (χ0n) is 16.6. The zero-order valence-corrected chi connectivity index (χ0v) is 18.2. The first kappa shape index (κ1) is 23.7. The smallest absolute Gasteiger partial charge is 0.254 e. The summed E-state index contributed by atoms with van der Waals surface area (Å²) in [7, 11) is 0. The second-order valence-electron chi connectivity index (χ2n) is 7.21. The van der Waals surface area contributed by atoms with Crippen LogP contribution in [0, 0.1) is 6.92 Å². The Kier molecular flexibility index (Phi) is 8.99. The number of aryl methyl sites for hydroxylation is 1. The number of rotatable bonds is 5. The summed E-state index contributed by atoms with van der Waals surface area (Å²) < 4.78 is 1.90. The quantitative estimate of drug-likeness (QED) is 0.806. The van der Waals surface area contributed by atoms with Gasteiger partial charge in [0.15, 0.2) is 5.65 Å². The maximum absolute atomic E-state index is 13.4. The SMILES string of the molecule is CCCN(C(=O)c1cc(C)nc2c1cnn2C(C)C)C1CCNCC1.Cl.Cl. The number of carbonyl (C=O) groups is 1. The monoisotopic (exact) mass is 415 g/mol. The van der Waals surface area contributed by atoms with Gasteiger partial charge < -0.3 is 10.2 Å². The molecule has 0 aliphatic carbocycles. The number of fused-ring (bicyclic) bond motifs is 1. The van der Waals surface area contributed by atoms with Gasteiger partial charge in [0.05, 0.1) is 17.1 Å². The van der Waals surface area contributed by atoms with Gasteiger partial charge in [0, 0.05) is 24.3 Å². The van der Waals surface area contributed by atoms with Gasteiger partial charge in [-0.3, -0.25) is 4.79 Å². The van der Waals surface area contributed by atoms with Gasteiger partial charge in [-0.1, -0.05) is 6.92 Å². The highest BCUT2D eigenvalue weighted by atomic mass is 35.5. The lowest BCUT2D eigenvalue weighted by molar-refractivity contribution is 0.0644. The van der Waals surface area contributed by atoms with Crippen LogP contribution in [0.2, 0.25) is 0 Å². The lowest BCUT2D eigenvalue weighted by atomic mass is 10.0. The minimum absolute atomic E-state index is 0. The third-order valence-electron chi connectivity index (χ3n) is 4.89. The Labute approximate surface area is 173 Å². The number of halogens is 2. The molecule has 3 heterocycles. The van der Waals surface area contributed by atoms with Crippen LogP contribution in [0.5, 0.6) is 0 Å². The predicted octanol–water partition coefficient (Wildman–Crippen LogP) is 3.77. The molecule has 1 saturated heterocycles. The van der Waals surface area contributed by atoms with Crippen molar-refractivity contribution in [2.45, 2.75) is 59.0 Å². The van der Waals surface area contributed by atoms with Gasteiger partial charge in [0.25, 0.3) is 5.91 Å². The van der Waals surface area contributed by atoms with Gasteiger partial charge in [0.1, 0.15) is 0 Å². The van der Waals surface area contributed by atoms with Crippen LogP contribution in [0.1, 0.15) is 62.1 Å². The predicted molar refractivity (Wildman–Crippen MR) is 114 cm³/mol. The number of carbonyl (C=O) groups excluding carboxylic acids is 1. The second kappa shape index (κ2) is 10.2. The largest absolute Gasteiger partial charge is 0.336 e. The van der Waals surface area contributed by atoms with Crippen LogP contribution in [0.4, 0.5) is 0 Å². The normalized spacial score (nSPS) is 14.7. The van der Waals surface area contributed by atoms with Crippen molar-refractivity contribution in [2.24, 2.45) is 0 Å². The van der Waals surface area contributed by atoms with Crippen LogP contribution in [0.25, 0.3) is 11.0 Å². The fourth-order valence-corrected chi connectivity index (χ4v) is 3.66. The molecule has 3 rings (SSSR count). The molecule has 1 aliphatic rings. The highest BCUT2D eigenvalue weighted by Crippen LogP contribution is 2.24. The van der Waals surface area contributed by atoms with Crippen LogP contribution in [0.3, 0.4) is 0 Å². The number of nitrogens with one attached hydrogen (secondary N) is 1. The number of hydrogen-bond acceptors (Lipinski definition) is 4. The first-order valence-electron chi connectivity index (χ1n) is 9.39. The summed E-state index contributed by atoms with van der Waals surface area (Å²) in [5.74, 6) is 0.118. The average molecular weight is 416 g/mol. The van der Waals surface area contributed by atoms with Crippen molar-refractivity contribution in [3.8, 4) is 0 Å². The molecule has 0 saturated carbocycles. The lowest BCUT2D eigenvalue weighted by Crippen LogP contribution is -2.46. The standard InChI is InChI=1S/C19H29N5O.2ClH/c1-5-10-23(15-6-8-20-9-7-15)19(25)16-11-14(4)22-18-17(16)12-21-24(18)13(2)3;;/h11-13,15,20H,5-10H2,1-4H3;2*1H. The number of pyridine rings is 1. The zero-order chi connectivity index (χ0) is 18.0. The molecule has 0 radical (unpaired) electrons. The lowest BCUT2D eigenvalue weighted by Gasteiger charge is -2.34. The van der Waals surface area contributed by atoms with Crippen LogP contribution in [-0.4, -0.2) is 51.2 Å². The fourth-order valence-electron chi connectivity index (χ4n) is 3.66. The average Bonchev–Trinajstić information content (AvgIpc) is 3.03. The number of hydrogen-bond donors (Lipinski definition) is 1. The number of nitrogens with zero attached hydrogens (tertiary/aromatic N) is 4. The van der Waals surface area contributed by atoms with E-state index in [1.807, 2.05) is 17.7 Å². The summed E-state index contributed by atoms with van der Waals surface area (Å²) in [5, 5.41) is 8.71. The van der Waals surface area contributed by atoms with E-state index >= 15 is 0 Å². The van der Waals surface area contributed by atoms with E-state index in [4.69, 9.17) is 0 Å². The molecule has 1 N–H and O–H groups in total. The molecule has 0 bridgehead atoms. The topological polar surface area (TPSA) is 63.1 Å². The van der Waals surface area contributed by atoms with E-state index in [9.17, 15) is 4.79 Å². The summed E-state index contributed by atoms with van der Waals surface area (Å²) >= 11 is 0. The molecule has 152 valence electrons. The molecule has 1 amide bonds. The summed E-state index contributed by atoms with van der Waals surface area (Å²) in [4.78, 5) is 20.1. The molecule has 1 fully saturated rings. The molecule has 0 spiro atoms. The van der Waals surface area contributed by atoms with Gasteiger partial charge in [-0.25, -0.2) is 9.67 Å². The van der Waals surface area contributed by atoms with Crippen LogP contribution >= 0.6 is 24.8 Å². The first-order valence-corrected chi connectivity index (χ1v) is 9.39. The molecule has 27 heavy (non-hydrogen) atoms. The Morgan fingerprint density at radius 1 is 1.33 bits per heavy atom. The van der Waals surface area contributed by atoms with Crippen molar-refractivity contribution < 1.29 is 4.79 Å². The Bertz CT molecular complexity index is 756. The highest BCUT2D eigenvalue weighted by Gasteiger charge is 2.27. The number of amides is 1. The Morgan fingerprint density at radius 2 is 2.00 bits per heavy atom. The molecule has 6 nitrogen and oxygen atoms in total. The van der Waals surface area contributed by atoms with Crippen LogP contribution < -0.4 is 5.32 Å². The van der Waals surface area contributed by atoms with Crippen molar-refractivity contribution in [2.75, 3.05) is 19.6 Å². The van der Waals surface area contributed by atoms with E-state index in [1.54, 1.807) is 6.20 Å². The molecule has 8 heteroatoms. The molecule has 0 unspecified atom stereocenters. The summed E-state index contributed by atoms with van der Waals surface area (Å²) in [6, 6.07) is 2.45. The van der Waals surface area contributed by atoms with E-state index in [0.717, 1.165) is 61.2 Å². The van der Waals surface area contributed by atoms with Crippen LogP contribution in [-0.2, 0) is 0 Å². The van der Waals surface area contributed by atoms with E-state index in [-0.39, 0.29) is 36.8 Å². The minimum atomic E-state index is 0. The van der Waals surface area contributed by atoms with Crippen molar-refractivity contribution >= 4 is 41.8 Å². The fraction of sp³-hybridized carbons (Fsp3) is 0.632. The number of piperidine rings is 1. The molecule has 0 atom stereocenters. The van der Waals surface area contributed by atoms with E-state index < -0.39 is 0 Å². The molecular formula is C19H31Cl2N5O. The molecular weight excluding hydrogens is 385 g/mol. The maximum Gasteiger partial charge on any atom is 0.254 e. The van der Waals surface area contributed by atoms with Crippen molar-refractivity contribution in [3.63, 3.8) is 0 Å². The summed E-state index contributed by atoms with van der Waals surface area (Å²) in [6.45, 7) is 11.0. The van der Waals surface area contributed by atoms with Crippen molar-refractivity contribution in [1.29, 1.82) is 0 Å².